The minimum Gasteiger partial charge on any atom is -0.459 e. The molecule has 45 heavy (non-hydrogen) atoms. The molecule has 2 aromatic carbocycles. The maximum Gasteiger partial charge on any atom is 0.323 e. The van der Waals surface area contributed by atoms with Gasteiger partial charge in [0.25, 0.3) is 11.8 Å². The van der Waals surface area contributed by atoms with Crippen molar-refractivity contribution in [2.75, 3.05) is 13.6 Å². The van der Waals surface area contributed by atoms with E-state index < -0.39 is 53.3 Å². The molecule has 0 radical (unpaired) electrons. The zero-order valence-electron chi connectivity index (χ0n) is 26.8. The van der Waals surface area contributed by atoms with Gasteiger partial charge in [-0.2, -0.15) is 0 Å². The van der Waals surface area contributed by atoms with Crippen LogP contribution in [0.5, 0.6) is 0 Å². The number of esters is 1. The average molecular weight is 618 g/mol. The number of primary amides is 1. The molecule has 4 rings (SSSR count). The van der Waals surface area contributed by atoms with E-state index >= 15 is 0 Å². The molecule has 0 aliphatic carbocycles. The smallest absolute Gasteiger partial charge is 0.323 e. The number of rotatable bonds is 13. The number of aromatic amines is 1. The first-order chi connectivity index (χ1) is 21.2. The van der Waals surface area contributed by atoms with Gasteiger partial charge >= 0.3 is 5.97 Å². The predicted molar refractivity (Wildman–Crippen MR) is 170 cm³/mol. The first-order valence-corrected chi connectivity index (χ1v) is 15.2. The summed E-state index contributed by atoms with van der Waals surface area (Å²) in [5.74, 6) is -2.52. The number of hydrogen-bond donors (Lipinski definition) is 3. The minimum absolute atomic E-state index is 0.0144. The molecule has 0 fully saturated rings. The summed E-state index contributed by atoms with van der Waals surface area (Å²) in [6.45, 7) is 9.03. The Kier molecular flexibility index (Phi) is 10.1. The summed E-state index contributed by atoms with van der Waals surface area (Å²) in [6.07, 6.45) is 2.36. The Balaban J connectivity index is 1.56. The fourth-order valence-electron chi connectivity index (χ4n) is 5.63. The van der Waals surface area contributed by atoms with E-state index in [2.05, 4.69) is 10.3 Å². The van der Waals surface area contributed by atoms with Crippen LogP contribution in [0.4, 0.5) is 0 Å². The van der Waals surface area contributed by atoms with Crippen molar-refractivity contribution in [1.29, 1.82) is 0 Å². The van der Waals surface area contributed by atoms with Gasteiger partial charge in [-0.3, -0.25) is 34.2 Å². The average Bonchev–Trinajstić information content (AvgIpc) is 3.49. The molecular weight excluding hydrogens is 574 g/mol. The van der Waals surface area contributed by atoms with Gasteiger partial charge in [-0.25, -0.2) is 0 Å². The molecule has 4 amide bonds. The Hall–Kier alpha value is -4.51. The Labute approximate surface area is 263 Å². The molecule has 1 aliphatic heterocycles. The van der Waals surface area contributed by atoms with Crippen LogP contribution in [0, 0.1) is 5.92 Å². The van der Waals surface area contributed by atoms with Crippen LogP contribution >= 0.6 is 0 Å². The van der Waals surface area contributed by atoms with Crippen molar-refractivity contribution in [3.8, 4) is 0 Å². The summed E-state index contributed by atoms with van der Waals surface area (Å²) in [6, 6.07) is 11.4. The van der Waals surface area contributed by atoms with E-state index in [4.69, 9.17) is 10.5 Å². The van der Waals surface area contributed by atoms with Gasteiger partial charge in [0.15, 0.2) is 0 Å². The lowest BCUT2D eigenvalue weighted by Gasteiger charge is -2.33. The second kappa shape index (κ2) is 13.6. The van der Waals surface area contributed by atoms with Gasteiger partial charge < -0.3 is 20.4 Å². The number of amides is 4. The van der Waals surface area contributed by atoms with Crippen LogP contribution in [0.3, 0.4) is 0 Å². The number of nitrogens with one attached hydrogen (secondary N) is 2. The standard InChI is InChI=1S/C34H43N5O6/c1-20(2)17-27(32(43)38(6)28(29(35)40)18-21-19-36-25-14-10-9-11-22(21)25)37-26(33(44)45-34(3,4)5)15-16-39-30(41)23-12-7-8-13-24(23)31(39)42/h7-14,19-20,26-28,36-37H,15-18H2,1-6H3,(H2,35,40)/t26-,27+,28+/m1/s1. The van der Waals surface area contributed by atoms with E-state index in [1.807, 2.05) is 38.1 Å². The Morgan fingerprint density at radius 2 is 1.58 bits per heavy atom. The van der Waals surface area contributed by atoms with E-state index in [0.717, 1.165) is 21.4 Å². The van der Waals surface area contributed by atoms with Crippen LogP contribution in [0.1, 0.15) is 73.7 Å². The van der Waals surface area contributed by atoms with E-state index in [1.54, 1.807) is 51.2 Å². The summed E-state index contributed by atoms with van der Waals surface area (Å²) >= 11 is 0. The maximum absolute atomic E-state index is 14.1. The van der Waals surface area contributed by atoms with Crippen LogP contribution in [-0.4, -0.2) is 81.7 Å². The minimum atomic E-state index is -1.03. The Morgan fingerprint density at radius 3 is 2.16 bits per heavy atom. The lowest BCUT2D eigenvalue weighted by molar-refractivity contribution is -0.158. The molecule has 0 spiro atoms. The fourth-order valence-corrected chi connectivity index (χ4v) is 5.63. The van der Waals surface area contributed by atoms with Crippen LogP contribution < -0.4 is 11.1 Å². The summed E-state index contributed by atoms with van der Waals surface area (Å²) < 4.78 is 5.68. The van der Waals surface area contributed by atoms with Crippen molar-refractivity contribution in [3.05, 3.63) is 71.4 Å². The number of benzene rings is 2. The number of carbonyl (C=O) groups is 5. The maximum atomic E-state index is 14.1. The third-order valence-electron chi connectivity index (χ3n) is 7.85. The molecule has 0 unspecified atom stereocenters. The van der Waals surface area contributed by atoms with Crippen LogP contribution in [0.2, 0.25) is 0 Å². The Bertz CT molecular complexity index is 1550. The normalized spacial score (nSPS) is 15.2. The fraction of sp³-hybridized carbons (Fsp3) is 0.441. The zero-order valence-corrected chi connectivity index (χ0v) is 26.8. The number of carbonyl (C=O) groups excluding carboxylic acids is 5. The number of aromatic nitrogens is 1. The highest BCUT2D eigenvalue weighted by Gasteiger charge is 2.38. The van der Waals surface area contributed by atoms with Crippen molar-refractivity contribution in [2.24, 2.45) is 11.7 Å². The third-order valence-corrected chi connectivity index (χ3v) is 7.85. The van der Waals surface area contributed by atoms with Gasteiger partial charge in [-0.05, 0) is 63.3 Å². The molecule has 4 N–H and O–H groups in total. The van der Waals surface area contributed by atoms with Gasteiger partial charge in [-0.1, -0.05) is 44.2 Å². The zero-order chi connectivity index (χ0) is 33.1. The second-order valence-electron chi connectivity index (χ2n) is 13.0. The summed E-state index contributed by atoms with van der Waals surface area (Å²) in [5.41, 5.74) is 7.38. The lowest BCUT2D eigenvalue weighted by Crippen LogP contribution is -2.57. The van der Waals surface area contributed by atoms with Gasteiger partial charge in [0.1, 0.15) is 17.7 Å². The lowest BCUT2D eigenvalue weighted by atomic mass is 9.98. The number of hydrogen-bond acceptors (Lipinski definition) is 7. The molecule has 0 saturated heterocycles. The van der Waals surface area contributed by atoms with E-state index in [1.165, 1.54) is 11.9 Å². The molecule has 3 aromatic rings. The van der Waals surface area contributed by atoms with Crippen LogP contribution in [-0.2, 0) is 25.5 Å². The highest BCUT2D eigenvalue weighted by molar-refractivity contribution is 6.21. The number of fused-ring (bicyclic) bond motifs is 2. The summed E-state index contributed by atoms with van der Waals surface area (Å²) in [7, 11) is 1.53. The van der Waals surface area contributed by atoms with E-state index in [0.29, 0.717) is 17.5 Å². The van der Waals surface area contributed by atoms with Crippen molar-refractivity contribution in [1.82, 2.24) is 20.1 Å². The van der Waals surface area contributed by atoms with Crippen molar-refractivity contribution in [3.63, 3.8) is 0 Å². The quantitative estimate of drug-likeness (QED) is 0.196. The monoisotopic (exact) mass is 617 g/mol. The molecule has 1 aliphatic rings. The van der Waals surface area contributed by atoms with Crippen LogP contribution in [0.15, 0.2) is 54.7 Å². The number of H-pyrrole nitrogens is 1. The molecule has 2 heterocycles. The number of para-hydroxylation sites is 1. The molecule has 3 atom stereocenters. The van der Waals surface area contributed by atoms with E-state index in [9.17, 15) is 24.0 Å². The Morgan fingerprint density at radius 1 is 0.978 bits per heavy atom. The molecule has 11 heteroatoms. The molecule has 240 valence electrons. The number of nitrogens with two attached hydrogens (primary N) is 1. The summed E-state index contributed by atoms with van der Waals surface area (Å²) in [5, 5.41) is 4.10. The largest absolute Gasteiger partial charge is 0.459 e. The molecule has 0 bridgehead atoms. The van der Waals surface area contributed by atoms with Gasteiger partial charge in [0.05, 0.1) is 17.2 Å². The van der Waals surface area contributed by atoms with Crippen molar-refractivity contribution in [2.45, 2.75) is 77.6 Å². The number of imide groups is 1. The predicted octanol–water partition coefficient (Wildman–Crippen LogP) is 3.42. The summed E-state index contributed by atoms with van der Waals surface area (Å²) in [4.78, 5) is 71.8. The highest BCUT2D eigenvalue weighted by Crippen LogP contribution is 2.24. The second-order valence-corrected chi connectivity index (χ2v) is 13.0. The molecule has 11 nitrogen and oxygen atoms in total. The number of nitrogens with zero attached hydrogens (tertiary/aromatic N) is 2. The van der Waals surface area contributed by atoms with Crippen molar-refractivity contribution >= 4 is 40.5 Å². The molecule has 1 aromatic heterocycles. The SMILES string of the molecule is CC(C)C[C@H](N[C@H](CCN1C(=O)c2ccccc2C1=O)C(=O)OC(C)(C)C)C(=O)N(C)[C@@H](Cc1c[nH]c2ccccc12)C(N)=O. The van der Waals surface area contributed by atoms with Crippen molar-refractivity contribution < 1.29 is 28.7 Å². The van der Waals surface area contributed by atoms with Gasteiger partial charge in [0.2, 0.25) is 11.8 Å². The van der Waals surface area contributed by atoms with E-state index in [-0.39, 0.29) is 25.3 Å². The number of ether oxygens (including phenoxy) is 1. The first-order valence-electron chi connectivity index (χ1n) is 15.2. The van der Waals surface area contributed by atoms with Gasteiger partial charge in [-0.15, -0.1) is 0 Å². The van der Waals surface area contributed by atoms with Gasteiger partial charge in [0, 0.05) is 37.1 Å². The highest BCUT2D eigenvalue weighted by atomic mass is 16.6. The third kappa shape index (κ3) is 7.78. The number of likely N-dealkylation sites (N-methyl/N-ethyl adjacent to an activating group) is 1. The molecular formula is C34H43N5O6. The molecule has 0 saturated carbocycles. The van der Waals surface area contributed by atoms with Crippen LogP contribution in [0.25, 0.3) is 10.9 Å². The topological polar surface area (TPSA) is 155 Å². The first kappa shape index (κ1) is 33.4.